The number of hydrogen-bond donors (Lipinski definition) is 0. The molecule has 2 rings (SSSR count). The van der Waals surface area contributed by atoms with E-state index in [0.29, 0.717) is 0 Å². The fourth-order valence-corrected chi connectivity index (χ4v) is 1.81. The summed E-state index contributed by atoms with van der Waals surface area (Å²) < 4.78 is 0. The Morgan fingerprint density at radius 3 is 2.64 bits per heavy atom. The van der Waals surface area contributed by atoms with E-state index in [0.717, 1.165) is 17.6 Å². The highest BCUT2D eigenvalue weighted by atomic mass is 14.7. The average molecular weight is 185 g/mol. The summed E-state index contributed by atoms with van der Waals surface area (Å²) in [6.45, 7) is 6.38. The molecule has 1 aromatic carbocycles. The van der Waals surface area contributed by atoms with Gasteiger partial charge < -0.3 is 0 Å². The van der Waals surface area contributed by atoms with Gasteiger partial charge in [-0.05, 0) is 49.6 Å². The van der Waals surface area contributed by atoms with Crippen LogP contribution >= 0.6 is 0 Å². The van der Waals surface area contributed by atoms with Crippen LogP contribution in [0.15, 0.2) is 24.3 Å². The second-order valence-corrected chi connectivity index (χ2v) is 3.78. The molecule has 72 valence electrons. The fourth-order valence-electron chi connectivity index (χ4n) is 1.81. The Hall–Kier alpha value is -1.37. The first-order valence-electron chi connectivity index (χ1n) is 5.07. The van der Waals surface area contributed by atoms with E-state index in [9.17, 15) is 0 Å². The summed E-state index contributed by atoms with van der Waals surface area (Å²) in [5.74, 6) is 0. The quantitative estimate of drug-likeness (QED) is 0.663. The minimum absolute atomic E-state index is 1.08. The van der Waals surface area contributed by atoms with Crippen LogP contribution in [-0.2, 0) is 6.42 Å². The highest BCUT2D eigenvalue weighted by Crippen LogP contribution is 2.18. The average Bonchev–Trinajstić information content (AvgIpc) is 2.16. The van der Waals surface area contributed by atoms with Crippen LogP contribution in [0.25, 0.3) is 10.9 Å². The molecule has 1 nitrogen and oxygen atoms in total. The van der Waals surface area contributed by atoms with Gasteiger partial charge in [0.1, 0.15) is 0 Å². The number of hydrogen-bond acceptors (Lipinski definition) is 1. The van der Waals surface area contributed by atoms with Gasteiger partial charge in [-0.3, -0.25) is 4.98 Å². The summed E-state index contributed by atoms with van der Waals surface area (Å²) in [6, 6.07) is 8.64. The van der Waals surface area contributed by atoms with Gasteiger partial charge in [0.25, 0.3) is 0 Å². The molecule has 0 unspecified atom stereocenters. The highest BCUT2D eigenvalue weighted by Gasteiger charge is 2.00. The van der Waals surface area contributed by atoms with E-state index in [1.165, 1.54) is 16.5 Å². The van der Waals surface area contributed by atoms with Gasteiger partial charge in [0.05, 0.1) is 5.52 Å². The van der Waals surface area contributed by atoms with Crippen molar-refractivity contribution in [2.75, 3.05) is 0 Å². The molecule has 0 saturated carbocycles. The molecule has 0 aliphatic heterocycles. The van der Waals surface area contributed by atoms with E-state index in [-0.39, 0.29) is 0 Å². The predicted octanol–water partition coefficient (Wildman–Crippen LogP) is 3.41. The third-order valence-electron chi connectivity index (χ3n) is 2.67. The Labute approximate surface area is 84.8 Å². The molecule has 14 heavy (non-hydrogen) atoms. The first kappa shape index (κ1) is 9.20. The Morgan fingerprint density at radius 2 is 1.93 bits per heavy atom. The van der Waals surface area contributed by atoms with E-state index in [1.54, 1.807) is 0 Å². The lowest BCUT2D eigenvalue weighted by Crippen LogP contribution is -1.89. The first-order valence-corrected chi connectivity index (χ1v) is 5.07. The van der Waals surface area contributed by atoms with Gasteiger partial charge in [-0.2, -0.15) is 0 Å². The molecule has 0 aliphatic rings. The monoisotopic (exact) mass is 185 g/mol. The van der Waals surface area contributed by atoms with Crippen molar-refractivity contribution < 1.29 is 0 Å². The zero-order valence-corrected chi connectivity index (χ0v) is 8.96. The molecule has 1 heteroatoms. The summed E-state index contributed by atoms with van der Waals surface area (Å²) in [4.78, 5) is 4.51. The van der Waals surface area contributed by atoms with Crippen molar-refractivity contribution in [3.63, 3.8) is 0 Å². The van der Waals surface area contributed by atoms with Crippen LogP contribution < -0.4 is 0 Å². The number of rotatable bonds is 1. The van der Waals surface area contributed by atoms with Crippen LogP contribution in [0.2, 0.25) is 0 Å². The lowest BCUT2D eigenvalue weighted by atomic mass is 10.0. The molecule has 0 spiro atoms. The van der Waals surface area contributed by atoms with Crippen molar-refractivity contribution in [2.24, 2.45) is 0 Å². The minimum atomic E-state index is 1.08. The lowest BCUT2D eigenvalue weighted by Gasteiger charge is -2.05. The summed E-state index contributed by atoms with van der Waals surface area (Å²) in [5.41, 5.74) is 4.96. The van der Waals surface area contributed by atoms with Crippen LogP contribution in [-0.4, -0.2) is 4.98 Å². The standard InChI is InChI=1S/C13H15N/c1-4-11-8-12-6-5-10(3)14-13(12)7-9(11)2/h5-8H,4H2,1-3H3. The molecule has 0 saturated heterocycles. The van der Waals surface area contributed by atoms with Crippen molar-refractivity contribution in [3.05, 3.63) is 41.1 Å². The maximum atomic E-state index is 4.51. The number of fused-ring (bicyclic) bond motifs is 1. The smallest absolute Gasteiger partial charge is 0.0707 e. The molecule has 0 aliphatic carbocycles. The summed E-state index contributed by atoms with van der Waals surface area (Å²) in [5, 5.41) is 1.25. The Morgan fingerprint density at radius 1 is 1.14 bits per heavy atom. The van der Waals surface area contributed by atoms with Gasteiger partial charge in [-0.25, -0.2) is 0 Å². The zero-order valence-electron chi connectivity index (χ0n) is 8.96. The van der Waals surface area contributed by atoms with Gasteiger partial charge >= 0.3 is 0 Å². The third kappa shape index (κ3) is 1.50. The number of benzene rings is 1. The van der Waals surface area contributed by atoms with Gasteiger partial charge in [0.15, 0.2) is 0 Å². The van der Waals surface area contributed by atoms with Crippen molar-refractivity contribution in [1.29, 1.82) is 0 Å². The second kappa shape index (κ2) is 3.41. The molecule has 1 aromatic heterocycles. The van der Waals surface area contributed by atoms with E-state index < -0.39 is 0 Å². The summed E-state index contributed by atoms with van der Waals surface area (Å²) >= 11 is 0. The van der Waals surface area contributed by atoms with E-state index >= 15 is 0 Å². The van der Waals surface area contributed by atoms with Crippen molar-refractivity contribution >= 4 is 10.9 Å². The molecule has 0 bridgehead atoms. The van der Waals surface area contributed by atoms with Gasteiger partial charge in [0, 0.05) is 11.1 Å². The highest BCUT2D eigenvalue weighted by molar-refractivity contribution is 5.80. The first-order chi connectivity index (χ1) is 6.70. The van der Waals surface area contributed by atoms with Crippen LogP contribution in [0, 0.1) is 13.8 Å². The number of nitrogens with zero attached hydrogens (tertiary/aromatic N) is 1. The minimum Gasteiger partial charge on any atom is -0.253 e. The molecule has 2 aromatic rings. The van der Waals surface area contributed by atoms with Crippen LogP contribution in [0.4, 0.5) is 0 Å². The summed E-state index contributed by atoms with van der Waals surface area (Å²) in [6.07, 6.45) is 1.09. The van der Waals surface area contributed by atoms with E-state index in [1.807, 2.05) is 6.92 Å². The molecule has 0 N–H and O–H groups in total. The second-order valence-electron chi connectivity index (χ2n) is 3.78. The molecule has 0 amide bonds. The summed E-state index contributed by atoms with van der Waals surface area (Å²) in [7, 11) is 0. The molecule has 0 atom stereocenters. The van der Waals surface area contributed by atoms with Crippen molar-refractivity contribution in [3.8, 4) is 0 Å². The third-order valence-corrected chi connectivity index (χ3v) is 2.67. The number of aromatic nitrogens is 1. The molecule has 0 radical (unpaired) electrons. The van der Waals surface area contributed by atoms with Crippen molar-refractivity contribution in [1.82, 2.24) is 4.98 Å². The zero-order chi connectivity index (χ0) is 10.1. The maximum absolute atomic E-state index is 4.51. The number of pyridine rings is 1. The van der Waals surface area contributed by atoms with Gasteiger partial charge in [-0.1, -0.05) is 13.0 Å². The molecular weight excluding hydrogens is 170 g/mol. The predicted molar refractivity (Wildman–Crippen MR) is 60.6 cm³/mol. The SMILES string of the molecule is CCc1cc2ccc(C)nc2cc1C. The Bertz CT molecular complexity index is 472. The maximum Gasteiger partial charge on any atom is 0.0707 e. The fraction of sp³-hybridized carbons (Fsp3) is 0.308. The normalized spacial score (nSPS) is 10.8. The Kier molecular flexibility index (Phi) is 2.24. The van der Waals surface area contributed by atoms with E-state index in [4.69, 9.17) is 0 Å². The largest absolute Gasteiger partial charge is 0.253 e. The van der Waals surface area contributed by atoms with Gasteiger partial charge in [0.2, 0.25) is 0 Å². The molecular formula is C13H15N. The van der Waals surface area contributed by atoms with Crippen molar-refractivity contribution in [2.45, 2.75) is 27.2 Å². The van der Waals surface area contributed by atoms with Crippen LogP contribution in [0.5, 0.6) is 0 Å². The van der Waals surface area contributed by atoms with Crippen LogP contribution in [0.3, 0.4) is 0 Å². The lowest BCUT2D eigenvalue weighted by molar-refractivity contribution is 1.11. The molecule has 0 fully saturated rings. The van der Waals surface area contributed by atoms with Gasteiger partial charge in [-0.15, -0.1) is 0 Å². The number of aryl methyl sites for hydroxylation is 3. The van der Waals surface area contributed by atoms with Crippen LogP contribution in [0.1, 0.15) is 23.7 Å². The molecule has 1 heterocycles. The topological polar surface area (TPSA) is 12.9 Å². The van der Waals surface area contributed by atoms with E-state index in [2.05, 4.69) is 43.1 Å². The Balaban J connectivity index is 2.73.